The average molecular weight is 503 g/mol. The average Bonchev–Trinajstić information content (AvgIpc) is 3.19. The lowest BCUT2D eigenvalue weighted by Gasteiger charge is -2.38. The number of rotatable bonds is 4. The third kappa shape index (κ3) is 4.22. The molecule has 0 bridgehead atoms. The molecule has 3 aromatic rings. The molecule has 2 aliphatic rings. The molecular formula is C24H27ClN4O4S. The Morgan fingerprint density at radius 3 is 2.53 bits per heavy atom. The molecular weight excluding hydrogens is 476 g/mol. The van der Waals surface area contributed by atoms with Crippen LogP contribution in [0.5, 0.6) is 0 Å². The molecule has 0 spiro atoms. The van der Waals surface area contributed by atoms with Gasteiger partial charge in [0.1, 0.15) is 16.8 Å². The number of imidazole rings is 1. The van der Waals surface area contributed by atoms with E-state index in [1.807, 2.05) is 25.1 Å². The first kappa shape index (κ1) is 23.3. The number of aromatic nitrogens is 2. The highest BCUT2D eigenvalue weighted by Crippen LogP contribution is 2.30. The number of hydrogen-bond acceptors (Lipinski definition) is 5. The number of hydrogen-bond donors (Lipinski definition) is 0. The molecule has 2 aromatic carbocycles. The van der Waals surface area contributed by atoms with Crippen LogP contribution in [0.3, 0.4) is 0 Å². The Bertz CT molecular complexity index is 1320. The van der Waals surface area contributed by atoms with Gasteiger partial charge >= 0.3 is 0 Å². The van der Waals surface area contributed by atoms with E-state index in [2.05, 4.69) is 15.6 Å². The van der Waals surface area contributed by atoms with E-state index in [4.69, 9.17) is 16.3 Å². The van der Waals surface area contributed by atoms with Gasteiger partial charge in [0, 0.05) is 32.2 Å². The van der Waals surface area contributed by atoms with Crippen molar-refractivity contribution in [1.29, 1.82) is 0 Å². The molecule has 3 heterocycles. The summed E-state index contributed by atoms with van der Waals surface area (Å²) in [7, 11) is -3.81. The normalized spacial score (nSPS) is 20.6. The number of likely N-dealkylation sites (tertiary alicyclic amines) is 1. The SMILES string of the molecule is Cc1nc2ccccc2n1C1CCN(C(=O)[C@H]2CN(S(=O)(=O)c3ccccc3Cl)CCO2)CC1. The molecule has 0 radical (unpaired) electrons. The van der Waals surface area contributed by atoms with Crippen molar-refractivity contribution >= 4 is 38.6 Å². The molecule has 0 unspecified atom stereocenters. The molecule has 1 atom stereocenters. The molecule has 180 valence electrons. The van der Waals surface area contributed by atoms with Gasteiger partial charge in [0.15, 0.2) is 0 Å². The van der Waals surface area contributed by atoms with Gasteiger partial charge in [-0.05, 0) is 44.0 Å². The number of carbonyl (C=O) groups excluding carboxylic acids is 1. The van der Waals surface area contributed by atoms with Crippen LogP contribution in [-0.4, -0.2) is 72.0 Å². The van der Waals surface area contributed by atoms with Gasteiger partial charge < -0.3 is 14.2 Å². The van der Waals surface area contributed by atoms with Crippen molar-refractivity contribution in [3.63, 3.8) is 0 Å². The first-order valence-electron chi connectivity index (χ1n) is 11.4. The topological polar surface area (TPSA) is 84.7 Å². The van der Waals surface area contributed by atoms with E-state index < -0.39 is 16.1 Å². The van der Waals surface area contributed by atoms with Crippen LogP contribution in [0.15, 0.2) is 53.4 Å². The van der Waals surface area contributed by atoms with Crippen LogP contribution in [0.25, 0.3) is 11.0 Å². The monoisotopic (exact) mass is 502 g/mol. The molecule has 2 fully saturated rings. The number of halogens is 1. The molecule has 2 saturated heterocycles. The predicted molar refractivity (Wildman–Crippen MR) is 129 cm³/mol. The summed E-state index contributed by atoms with van der Waals surface area (Å²) in [6.45, 7) is 3.53. The van der Waals surface area contributed by atoms with Crippen LogP contribution in [0.1, 0.15) is 24.7 Å². The lowest BCUT2D eigenvalue weighted by Crippen LogP contribution is -2.53. The minimum absolute atomic E-state index is 0.0163. The first-order valence-corrected chi connectivity index (χ1v) is 13.3. The summed E-state index contributed by atoms with van der Waals surface area (Å²) in [4.78, 5) is 19.7. The van der Waals surface area contributed by atoms with Gasteiger partial charge in [-0.25, -0.2) is 13.4 Å². The summed E-state index contributed by atoms with van der Waals surface area (Å²) in [6.07, 6.45) is 0.793. The zero-order chi connectivity index (χ0) is 23.9. The molecule has 0 saturated carbocycles. The predicted octanol–water partition coefficient (Wildman–Crippen LogP) is 3.25. The maximum atomic E-state index is 13.2. The molecule has 1 aromatic heterocycles. The van der Waals surface area contributed by atoms with Crippen LogP contribution in [0, 0.1) is 6.92 Å². The molecule has 2 aliphatic heterocycles. The molecule has 10 heteroatoms. The number of sulfonamides is 1. The summed E-state index contributed by atoms with van der Waals surface area (Å²) < 4.78 is 35.5. The van der Waals surface area contributed by atoms with Gasteiger partial charge in [-0.2, -0.15) is 4.31 Å². The summed E-state index contributed by atoms with van der Waals surface area (Å²) in [5.74, 6) is 0.812. The number of nitrogens with zero attached hydrogens (tertiary/aromatic N) is 4. The minimum Gasteiger partial charge on any atom is -0.366 e. The van der Waals surface area contributed by atoms with Gasteiger partial charge in [0.2, 0.25) is 10.0 Å². The quantitative estimate of drug-likeness (QED) is 0.546. The molecule has 34 heavy (non-hydrogen) atoms. The second-order valence-corrected chi connectivity index (χ2v) is 11.0. The number of morpholine rings is 1. The van der Waals surface area contributed by atoms with Crippen molar-refractivity contribution < 1.29 is 17.9 Å². The van der Waals surface area contributed by atoms with Crippen molar-refractivity contribution in [3.8, 4) is 0 Å². The van der Waals surface area contributed by atoms with Crippen LogP contribution in [0.2, 0.25) is 5.02 Å². The lowest BCUT2D eigenvalue weighted by molar-refractivity contribution is -0.148. The highest BCUT2D eigenvalue weighted by molar-refractivity contribution is 7.89. The van der Waals surface area contributed by atoms with Crippen LogP contribution in [-0.2, 0) is 19.6 Å². The van der Waals surface area contributed by atoms with Gasteiger partial charge in [-0.3, -0.25) is 4.79 Å². The molecule has 8 nitrogen and oxygen atoms in total. The van der Waals surface area contributed by atoms with E-state index in [0.29, 0.717) is 13.1 Å². The highest BCUT2D eigenvalue weighted by atomic mass is 35.5. The van der Waals surface area contributed by atoms with Gasteiger partial charge in [-0.15, -0.1) is 0 Å². The third-order valence-corrected chi connectivity index (χ3v) is 9.04. The number of piperidine rings is 1. The highest BCUT2D eigenvalue weighted by Gasteiger charge is 2.37. The maximum absolute atomic E-state index is 13.2. The number of benzene rings is 2. The summed E-state index contributed by atoms with van der Waals surface area (Å²) in [5, 5.41) is 0.168. The second kappa shape index (κ2) is 9.30. The first-order chi connectivity index (χ1) is 16.4. The molecule has 5 rings (SSSR count). The van der Waals surface area contributed by atoms with Crippen molar-refractivity contribution in [3.05, 3.63) is 59.4 Å². The smallest absolute Gasteiger partial charge is 0.253 e. The summed E-state index contributed by atoms with van der Waals surface area (Å²) in [6, 6.07) is 14.7. The summed E-state index contributed by atoms with van der Waals surface area (Å²) in [5.41, 5.74) is 2.09. The van der Waals surface area contributed by atoms with Gasteiger partial charge in [0.25, 0.3) is 5.91 Å². The molecule has 1 amide bonds. The largest absolute Gasteiger partial charge is 0.366 e. The Morgan fingerprint density at radius 2 is 1.76 bits per heavy atom. The van der Waals surface area contributed by atoms with Crippen molar-refractivity contribution in [2.45, 2.75) is 36.8 Å². The van der Waals surface area contributed by atoms with E-state index in [-0.39, 0.29) is 41.6 Å². The fraction of sp³-hybridized carbons (Fsp3) is 0.417. The zero-order valence-corrected chi connectivity index (χ0v) is 20.5. The standard InChI is InChI=1S/C24H27ClN4O4S/c1-17-26-20-7-3-4-8-21(20)29(17)18-10-12-27(13-11-18)24(30)22-16-28(14-15-33-22)34(31,32)23-9-5-2-6-19(23)25/h2-9,18,22H,10-16H2,1H3/t22-/m1/s1. The van der Waals surface area contributed by atoms with Crippen LogP contribution >= 0.6 is 11.6 Å². The number of para-hydroxylation sites is 2. The number of ether oxygens (including phenoxy) is 1. The number of fused-ring (bicyclic) bond motifs is 1. The molecule has 0 N–H and O–H groups in total. The summed E-state index contributed by atoms with van der Waals surface area (Å²) >= 11 is 6.13. The van der Waals surface area contributed by atoms with Crippen molar-refractivity contribution in [2.75, 3.05) is 32.8 Å². The van der Waals surface area contributed by atoms with Crippen LogP contribution in [0.4, 0.5) is 0 Å². The number of carbonyl (C=O) groups is 1. The van der Waals surface area contributed by atoms with Crippen LogP contribution < -0.4 is 0 Å². The third-order valence-electron chi connectivity index (χ3n) is 6.67. The van der Waals surface area contributed by atoms with Gasteiger partial charge in [-0.1, -0.05) is 35.9 Å². The Kier molecular flexibility index (Phi) is 6.37. The van der Waals surface area contributed by atoms with E-state index >= 15 is 0 Å². The Labute approximate surface area is 204 Å². The Hall–Kier alpha value is -2.46. The number of amides is 1. The Balaban J connectivity index is 1.26. The number of aryl methyl sites for hydroxylation is 1. The van der Waals surface area contributed by atoms with E-state index in [1.54, 1.807) is 23.1 Å². The van der Waals surface area contributed by atoms with Gasteiger partial charge in [0.05, 0.1) is 22.7 Å². The second-order valence-electron chi connectivity index (χ2n) is 8.73. The molecule has 0 aliphatic carbocycles. The van der Waals surface area contributed by atoms with Crippen molar-refractivity contribution in [2.24, 2.45) is 0 Å². The van der Waals surface area contributed by atoms with Crippen molar-refractivity contribution in [1.82, 2.24) is 18.8 Å². The maximum Gasteiger partial charge on any atom is 0.253 e. The lowest BCUT2D eigenvalue weighted by atomic mass is 10.0. The fourth-order valence-electron chi connectivity index (χ4n) is 4.96. The Morgan fingerprint density at radius 1 is 1.06 bits per heavy atom. The minimum atomic E-state index is -3.81. The van der Waals surface area contributed by atoms with E-state index in [9.17, 15) is 13.2 Å². The zero-order valence-electron chi connectivity index (χ0n) is 18.9. The van der Waals surface area contributed by atoms with E-state index in [0.717, 1.165) is 29.7 Å². The van der Waals surface area contributed by atoms with E-state index in [1.165, 1.54) is 10.4 Å². The fourth-order valence-corrected chi connectivity index (χ4v) is 6.88.